The second-order valence-corrected chi connectivity index (χ2v) is 5.61. The Balaban J connectivity index is 2.52. The topological polar surface area (TPSA) is 96.3 Å². The number of carboxylic acids is 1. The van der Waals surface area contributed by atoms with Crippen molar-refractivity contribution in [1.29, 1.82) is 0 Å². The normalized spacial score (nSPS) is 17.2. The zero-order valence-electron chi connectivity index (χ0n) is 10.8. The van der Waals surface area contributed by atoms with E-state index in [2.05, 4.69) is 4.40 Å². The number of benzene rings is 1. The van der Waals surface area contributed by atoms with E-state index in [9.17, 15) is 13.2 Å². The van der Waals surface area contributed by atoms with Crippen LogP contribution in [0.3, 0.4) is 0 Å². The van der Waals surface area contributed by atoms with Crippen molar-refractivity contribution in [2.75, 3.05) is 14.2 Å². The molecule has 1 aliphatic heterocycles. The molecule has 8 heteroatoms. The molecule has 0 fully saturated rings. The summed E-state index contributed by atoms with van der Waals surface area (Å²) >= 11 is 0. The lowest BCUT2D eigenvalue weighted by Gasteiger charge is -2.21. The molecular formula is C12H12N2O5S. The summed E-state index contributed by atoms with van der Waals surface area (Å²) in [5.41, 5.74) is 0.204. The first-order valence-electron chi connectivity index (χ1n) is 5.53. The third-order valence-corrected chi connectivity index (χ3v) is 4.09. The summed E-state index contributed by atoms with van der Waals surface area (Å²) in [4.78, 5) is 11.1. The molecular weight excluding hydrogens is 284 g/mol. The number of nitrogens with zero attached hydrogens (tertiary/aromatic N) is 2. The summed E-state index contributed by atoms with van der Waals surface area (Å²) in [6.45, 7) is 0. The molecule has 2 rings (SSSR count). The number of likely N-dealkylation sites (N-methyl/N-ethyl adjacent to an activating group) is 1. The molecule has 1 aromatic rings. The quantitative estimate of drug-likeness (QED) is 0.883. The van der Waals surface area contributed by atoms with Crippen molar-refractivity contribution in [3.05, 3.63) is 41.6 Å². The van der Waals surface area contributed by atoms with Crippen molar-refractivity contribution in [3.8, 4) is 5.75 Å². The summed E-state index contributed by atoms with van der Waals surface area (Å²) in [6, 6.07) is 6.48. The molecule has 20 heavy (non-hydrogen) atoms. The molecule has 1 aliphatic rings. The van der Waals surface area contributed by atoms with Gasteiger partial charge < -0.3 is 9.84 Å². The van der Waals surface area contributed by atoms with E-state index in [0.29, 0.717) is 15.6 Å². The van der Waals surface area contributed by atoms with Crippen LogP contribution in [0.1, 0.15) is 5.56 Å². The summed E-state index contributed by atoms with van der Waals surface area (Å²) in [5, 5.41) is 9.04. The number of hydrogen-bond donors (Lipinski definition) is 1. The average Bonchev–Trinajstić information content (AvgIpc) is 2.41. The zero-order valence-corrected chi connectivity index (χ0v) is 11.6. The summed E-state index contributed by atoms with van der Waals surface area (Å²) < 4.78 is 32.8. The molecule has 0 aromatic heterocycles. The second-order valence-electron chi connectivity index (χ2n) is 3.99. The van der Waals surface area contributed by atoms with Gasteiger partial charge in [0.05, 0.1) is 12.8 Å². The molecule has 0 atom stereocenters. The predicted octanol–water partition coefficient (Wildman–Crippen LogP) is 0.643. The fraction of sp³-hybridized carbons (Fsp3) is 0.167. The molecule has 1 heterocycles. The SMILES string of the molecule is COc1ccc(C2=NS(=O)(=O)N(C)C(C(=O)O)=C2)cc1. The van der Waals surface area contributed by atoms with Gasteiger partial charge in [0.1, 0.15) is 11.4 Å². The maximum atomic E-state index is 11.8. The van der Waals surface area contributed by atoms with Crippen LogP contribution in [0, 0.1) is 0 Å². The molecule has 0 saturated heterocycles. The number of rotatable bonds is 3. The molecule has 0 amide bonds. The molecule has 0 bridgehead atoms. The number of methoxy groups -OCH3 is 1. The van der Waals surface area contributed by atoms with Crippen LogP contribution in [0.2, 0.25) is 0 Å². The Kier molecular flexibility index (Phi) is 3.49. The minimum absolute atomic E-state index is 0.0724. The zero-order chi connectivity index (χ0) is 14.9. The van der Waals surface area contributed by atoms with Crippen LogP contribution >= 0.6 is 0 Å². The van der Waals surface area contributed by atoms with Crippen LogP contribution in [0.25, 0.3) is 0 Å². The fourth-order valence-corrected chi connectivity index (χ4v) is 2.56. The van der Waals surface area contributed by atoms with Crippen LogP contribution in [-0.4, -0.2) is 43.7 Å². The minimum Gasteiger partial charge on any atom is -0.497 e. The van der Waals surface area contributed by atoms with E-state index >= 15 is 0 Å². The van der Waals surface area contributed by atoms with E-state index < -0.39 is 16.2 Å². The number of allylic oxidation sites excluding steroid dienone is 1. The van der Waals surface area contributed by atoms with Gasteiger partial charge in [-0.05, 0) is 30.3 Å². The van der Waals surface area contributed by atoms with Crippen molar-refractivity contribution in [3.63, 3.8) is 0 Å². The summed E-state index contributed by atoms with van der Waals surface area (Å²) in [6.07, 6.45) is 1.21. The largest absolute Gasteiger partial charge is 0.497 e. The Morgan fingerprint density at radius 1 is 1.30 bits per heavy atom. The average molecular weight is 296 g/mol. The van der Waals surface area contributed by atoms with Gasteiger partial charge in [0.25, 0.3) is 0 Å². The highest BCUT2D eigenvalue weighted by Crippen LogP contribution is 2.20. The third kappa shape index (κ3) is 2.50. The first-order valence-corrected chi connectivity index (χ1v) is 6.93. The van der Waals surface area contributed by atoms with E-state index in [-0.39, 0.29) is 11.4 Å². The number of carboxylic acid groups (broad SMARTS) is 1. The van der Waals surface area contributed by atoms with Crippen LogP contribution in [0.15, 0.2) is 40.4 Å². The molecule has 0 unspecified atom stereocenters. The highest BCUT2D eigenvalue weighted by molar-refractivity contribution is 7.88. The van der Waals surface area contributed by atoms with E-state index in [4.69, 9.17) is 9.84 Å². The summed E-state index contributed by atoms with van der Waals surface area (Å²) in [7, 11) is -1.38. The number of ether oxygens (including phenoxy) is 1. The molecule has 7 nitrogen and oxygen atoms in total. The van der Waals surface area contributed by atoms with Crippen molar-refractivity contribution < 1.29 is 23.1 Å². The van der Waals surface area contributed by atoms with Crippen LogP contribution in [0.5, 0.6) is 5.75 Å². The van der Waals surface area contributed by atoms with Gasteiger partial charge in [-0.25, -0.2) is 9.10 Å². The highest BCUT2D eigenvalue weighted by Gasteiger charge is 2.29. The smallest absolute Gasteiger partial charge is 0.353 e. The number of aliphatic carboxylic acids is 1. The van der Waals surface area contributed by atoms with Gasteiger partial charge in [0.2, 0.25) is 0 Å². The Labute approximate surface area is 116 Å². The predicted molar refractivity (Wildman–Crippen MR) is 71.9 cm³/mol. The molecule has 0 aliphatic carbocycles. The Bertz CT molecular complexity index is 704. The Morgan fingerprint density at radius 2 is 1.90 bits per heavy atom. The van der Waals surface area contributed by atoms with Gasteiger partial charge >= 0.3 is 16.2 Å². The van der Waals surface area contributed by atoms with Crippen LogP contribution in [-0.2, 0) is 15.0 Å². The minimum atomic E-state index is -4.03. The maximum Gasteiger partial charge on any atom is 0.353 e. The highest BCUT2D eigenvalue weighted by atomic mass is 32.2. The van der Waals surface area contributed by atoms with Crippen molar-refractivity contribution >= 4 is 21.9 Å². The van der Waals surface area contributed by atoms with E-state index in [0.717, 1.165) is 7.05 Å². The Morgan fingerprint density at radius 3 is 2.40 bits per heavy atom. The molecule has 0 radical (unpaired) electrons. The third-order valence-electron chi connectivity index (χ3n) is 2.78. The van der Waals surface area contributed by atoms with E-state index in [1.54, 1.807) is 24.3 Å². The lowest BCUT2D eigenvalue weighted by atomic mass is 10.1. The molecule has 106 valence electrons. The Hall–Kier alpha value is -2.35. The van der Waals surface area contributed by atoms with Gasteiger partial charge in [-0.2, -0.15) is 8.42 Å². The number of hydrogen-bond acceptors (Lipinski definition) is 4. The van der Waals surface area contributed by atoms with Crippen molar-refractivity contribution in [1.82, 2.24) is 4.31 Å². The lowest BCUT2D eigenvalue weighted by molar-refractivity contribution is -0.133. The van der Waals surface area contributed by atoms with Crippen molar-refractivity contribution in [2.45, 2.75) is 0 Å². The van der Waals surface area contributed by atoms with Gasteiger partial charge in [-0.15, -0.1) is 4.40 Å². The molecule has 1 N–H and O–H groups in total. The number of carbonyl (C=O) groups is 1. The standard InChI is InChI=1S/C12H12N2O5S/c1-14-11(12(15)16)7-10(13-20(14,17)18)8-3-5-9(19-2)6-4-8/h3-7H,1-2H3,(H,15,16). The maximum absolute atomic E-state index is 11.8. The van der Waals surface area contributed by atoms with Gasteiger partial charge in [-0.3, -0.25) is 0 Å². The monoisotopic (exact) mass is 296 g/mol. The van der Waals surface area contributed by atoms with Crippen LogP contribution < -0.4 is 4.74 Å². The van der Waals surface area contributed by atoms with Gasteiger partial charge in [-0.1, -0.05) is 0 Å². The van der Waals surface area contributed by atoms with Crippen molar-refractivity contribution in [2.24, 2.45) is 4.40 Å². The second kappa shape index (κ2) is 4.97. The lowest BCUT2D eigenvalue weighted by Crippen LogP contribution is -2.33. The summed E-state index contributed by atoms with van der Waals surface area (Å²) in [5.74, 6) is -0.732. The first-order chi connectivity index (χ1) is 9.35. The van der Waals surface area contributed by atoms with E-state index in [1.165, 1.54) is 13.2 Å². The molecule has 1 aromatic carbocycles. The molecule has 0 saturated carbocycles. The fourth-order valence-electron chi connectivity index (χ4n) is 1.65. The molecule has 0 spiro atoms. The van der Waals surface area contributed by atoms with Gasteiger partial charge in [0.15, 0.2) is 0 Å². The van der Waals surface area contributed by atoms with E-state index in [1.807, 2.05) is 0 Å². The van der Waals surface area contributed by atoms with Crippen LogP contribution in [0.4, 0.5) is 0 Å². The van der Waals surface area contributed by atoms with Gasteiger partial charge in [0, 0.05) is 12.6 Å². The first kappa shape index (κ1) is 14.1.